The third-order valence-electron chi connectivity index (χ3n) is 3.01. The summed E-state index contributed by atoms with van der Waals surface area (Å²) in [6.07, 6.45) is 2.57. The molecule has 0 atom stereocenters. The topological polar surface area (TPSA) is 39.7 Å². The van der Waals surface area contributed by atoms with Gasteiger partial charge in [0.15, 0.2) is 11.5 Å². The Hall–Kier alpha value is -1.42. The second kappa shape index (κ2) is 4.45. The van der Waals surface area contributed by atoms with Crippen molar-refractivity contribution in [2.24, 2.45) is 0 Å². The minimum Gasteiger partial charge on any atom is -0.493 e. The number of rotatable bonds is 5. The summed E-state index contributed by atoms with van der Waals surface area (Å²) in [6.45, 7) is 3.79. The standard InChI is InChI=1S/C13H17NO3/c1-2-15-11-6-13-12(16-8-17-13)5-9(11)7-14-10-3-4-10/h5-6,10,14H,2-4,7-8H2,1H3. The van der Waals surface area contributed by atoms with Crippen molar-refractivity contribution in [3.63, 3.8) is 0 Å². The average Bonchev–Trinajstić information content (AvgIpc) is 3.05. The molecule has 1 aromatic rings. The predicted molar refractivity (Wildman–Crippen MR) is 63.6 cm³/mol. The largest absolute Gasteiger partial charge is 0.493 e. The molecule has 0 bridgehead atoms. The molecule has 1 fully saturated rings. The zero-order valence-electron chi connectivity index (χ0n) is 9.99. The Balaban J connectivity index is 1.81. The Morgan fingerprint density at radius 3 is 2.76 bits per heavy atom. The van der Waals surface area contributed by atoms with Crippen LogP contribution in [-0.2, 0) is 6.54 Å². The molecule has 2 aliphatic rings. The number of ether oxygens (including phenoxy) is 3. The molecule has 1 saturated carbocycles. The van der Waals surface area contributed by atoms with Crippen LogP contribution in [-0.4, -0.2) is 19.4 Å². The maximum Gasteiger partial charge on any atom is 0.231 e. The van der Waals surface area contributed by atoms with Crippen LogP contribution in [0.2, 0.25) is 0 Å². The van der Waals surface area contributed by atoms with Gasteiger partial charge < -0.3 is 19.5 Å². The van der Waals surface area contributed by atoms with Gasteiger partial charge in [-0.2, -0.15) is 0 Å². The van der Waals surface area contributed by atoms with Crippen LogP contribution < -0.4 is 19.5 Å². The zero-order valence-corrected chi connectivity index (χ0v) is 9.99. The van der Waals surface area contributed by atoms with E-state index in [1.165, 1.54) is 12.8 Å². The van der Waals surface area contributed by atoms with E-state index in [1.54, 1.807) is 0 Å². The summed E-state index contributed by atoms with van der Waals surface area (Å²) in [6, 6.07) is 4.63. The minimum absolute atomic E-state index is 0.306. The lowest BCUT2D eigenvalue weighted by atomic mass is 10.1. The van der Waals surface area contributed by atoms with Gasteiger partial charge in [-0.25, -0.2) is 0 Å². The van der Waals surface area contributed by atoms with Gasteiger partial charge >= 0.3 is 0 Å². The Labute approximate surface area is 101 Å². The molecule has 1 aliphatic carbocycles. The van der Waals surface area contributed by atoms with Crippen LogP contribution in [0.1, 0.15) is 25.3 Å². The van der Waals surface area contributed by atoms with E-state index in [0.29, 0.717) is 19.4 Å². The van der Waals surface area contributed by atoms with E-state index in [9.17, 15) is 0 Å². The lowest BCUT2D eigenvalue weighted by molar-refractivity contribution is 0.173. The van der Waals surface area contributed by atoms with Crippen molar-refractivity contribution in [2.45, 2.75) is 32.4 Å². The van der Waals surface area contributed by atoms with Crippen molar-refractivity contribution in [1.82, 2.24) is 5.32 Å². The lowest BCUT2D eigenvalue weighted by Gasteiger charge is -2.12. The summed E-state index contributed by atoms with van der Waals surface area (Å²) in [5.41, 5.74) is 1.14. The van der Waals surface area contributed by atoms with E-state index in [1.807, 2.05) is 19.1 Å². The molecule has 0 spiro atoms. The van der Waals surface area contributed by atoms with Crippen molar-refractivity contribution in [3.05, 3.63) is 17.7 Å². The summed E-state index contributed by atoms with van der Waals surface area (Å²) >= 11 is 0. The van der Waals surface area contributed by atoms with Gasteiger partial charge in [-0.15, -0.1) is 0 Å². The SMILES string of the molecule is CCOc1cc2c(cc1CNC1CC1)OCO2. The third kappa shape index (κ3) is 2.31. The molecular formula is C13H17NO3. The molecule has 0 radical (unpaired) electrons. The molecule has 0 aromatic heterocycles. The van der Waals surface area contributed by atoms with Crippen molar-refractivity contribution >= 4 is 0 Å². The highest BCUT2D eigenvalue weighted by Crippen LogP contribution is 2.38. The van der Waals surface area contributed by atoms with E-state index in [2.05, 4.69) is 5.32 Å². The average molecular weight is 235 g/mol. The van der Waals surface area contributed by atoms with Crippen LogP contribution in [0, 0.1) is 0 Å². The second-order valence-corrected chi connectivity index (χ2v) is 4.40. The van der Waals surface area contributed by atoms with Gasteiger partial charge in [0.25, 0.3) is 0 Å². The van der Waals surface area contributed by atoms with Crippen LogP contribution in [0.25, 0.3) is 0 Å². The number of benzene rings is 1. The molecule has 0 amide bonds. The van der Waals surface area contributed by atoms with Crippen LogP contribution in [0.5, 0.6) is 17.2 Å². The summed E-state index contributed by atoms with van der Waals surface area (Å²) in [7, 11) is 0. The monoisotopic (exact) mass is 235 g/mol. The highest BCUT2D eigenvalue weighted by Gasteiger charge is 2.22. The van der Waals surface area contributed by atoms with E-state index in [0.717, 1.165) is 29.4 Å². The molecule has 92 valence electrons. The Morgan fingerprint density at radius 2 is 2.06 bits per heavy atom. The smallest absolute Gasteiger partial charge is 0.231 e. The van der Waals surface area contributed by atoms with Crippen molar-refractivity contribution in [1.29, 1.82) is 0 Å². The molecule has 4 nitrogen and oxygen atoms in total. The summed E-state index contributed by atoms with van der Waals surface area (Å²) < 4.78 is 16.4. The number of hydrogen-bond donors (Lipinski definition) is 1. The first-order chi connectivity index (χ1) is 8.36. The minimum atomic E-state index is 0.306. The van der Waals surface area contributed by atoms with E-state index in [4.69, 9.17) is 14.2 Å². The van der Waals surface area contributed by atoms with Gasteiger partial charge in [0.2, 0.25) is 6.79 Å². The van der Waals surface area contributed by atoms with Crippen molar-refractivity contribution < 1.29 is 14.2 Å². The molecule has 1 aliphatic heterocycles. The van der Waals surface area contributed by atoms with Crippen LogP contribution >= 0.6 is 0 Å². The second-order valence-electron chi connectivity index (χ2n) is 4.40. The molecule has 1 aromatic carbocycles. The normalized spacial score (nSPS) is 17.2. The fourth-order valence-corrected chi connectivity index (χ4v) is 1.94. The fourth-order valence-electron chi connectivity index (χ4n) is 1.94. The van der Waals surface area contributed by atoms with Gasteiger partial charge in [0, 0.05) is 24.2 Å². The number of fused-ring (bicyclic) bond motifs is 1. The van der Waals surface area contributed by atoms with Gasteiger partial charge in [0.05, 0.1) is 6.61 Å². The summed E-state index contributed by atoms with van der Waals surface area (Å²) in [4.78, 5) is 0. The van der Waals surface area contributed by atoms with Crippen LogP contribution in [0.15, 0.2) is 12.1 Å². The first-order valence-corrected chi connectivity index (χ1v) is 6.15. The highest BCUT2D eigenvalue weighted by molar-refractivity contribution is 5.51. The molecule has 17 heavy (non-hydrogen) atoms. The maximum absolute atomic E-state index is 5.64. The Kier molecular flexibility index (Phi) is 2.81. The van der Waals surface area contributed by atoms with Crippen LogP contribution in [0.4, 0.5) is 0 Å². The van der Waals surface area contributed by atoms with Crippen molar-refractivity contribution in [3.8, 4) is 17.2 Å². The third-order valence-corrected chi connectivity index (χ3v) is 3.01. The number of nitrogens with one attached hydrogen (secondary N) is 1. The molecule has 1 heterocycles. The highest BCUT2D eigenvalue weighted by atomic mass is 16.7. The Bertz CT molecular complexity index is 415. The quantitative estimate of drug-likeness (QED) is 0.848. The fraction of sp³-hybridized carbons (Fsp3) is 0.538. The van der Waals surface area contributed by atoms with E-state index >= 15 is 0 Å². The first kappa shape index (κ1) is 10.7. The van der Waals surface area contributed by atoms with Gasteiger partial charge in [-0.05, 0) is 25.8 Å². The summed E-state index contributed by atoms with van der Waals surface area (Å²) in [5.74, 6) is 2.49. The molecule has 0 unspecified atom stereocenters. The molecule has 4 heteroatoms. The van der Waals surface area contributed by atoms with Gasteiger partial charge in [-0.3, -0.25) is 0 Å². The Morgan fingerprint density at radius 1 is 1.29 bits per heavy atom. The predicted octanol–water partition coefficient (Wildman–Crippen LogP) is 2.07. The number of hydrogen-bond acceptors (Lipinski definition) is 4. The van der Waals surface area contributed by atoms with Crippen LogP contribution in [0.3, 0.4) is 0 Å². The summed E-state index contributed by atoms with van der Waals surface area (Å²) in [5, 5.41) is 3.49. The first-order valence-electron chi connectivity index (χ1n) is 6.15. The van der Waals surface area contributed by atoms with E-state index < -0.39 is 0 Å². The zero-order chi connectivity index (χ0) is 11.7. The lowest BCUT2D eigenvalue weighted by Crippen LogP contribution is -2.16. The van der Waals surface area contributed by atoms with E-state index in [-0.39, 0.29) is 0 Å². The van der Waals surface area contributed by atoms with Gasteiger partial charge in [0.1, 0.15) is 5.75 Å². The molecule has 3 rings (SSSR count). The molecule has 1 N–H and O–H groups in total. The maximum atomic E-state index is 5.64. The molecular weight excluding hydrogens is 218 g/mol. The molecule has 0 saturated heterocycles. The van der Waals surface area contributed by atoms with Gasteiger partial charge in [-0.1, -0.05) is 0 Å². The van der Waals surface area contributed by atoms with Crippen molar-refractivity contribution in [2.75, 3.05) is 13.4 Å².